The van der Waals surface area contributed by atoms with Crippen LogP contribution in [0.25, 0.3) is 0 Å². The summed E-state index contributed by atoms with van der Waals surface area (Å²) in [6.45, 7) is 4.38. The van der Waals surface area contributed by atoms with Gasteiger partial charge in [0.25, 0.3) is 8.05 Å². The van der Waals surface area contributed by atoms with Crippen LogP contribution in [0.5, 0.6) is 0 Å². The minimum Gasteiger partial charge on any atom is -0.421 e. The zero-order valence-electron chi connectivity index (χ0n) is 10.7. The van der Waals surface area contributed by atoms with Crippen molar-refractivity contribution in [3.63, 3.8) is 0 Å². The summed E-state index contributed by atoms with van der Waals surface area (Å²) >= 11 is 0. The first-order valence-electron chi connectivity index (χ1n) is 6.05. The molecule has 0 unspecified atom stereocenters. The van der Waals surface area contributed by atoms with Gasteiger partial charge in [0.15, 0.2) is 0 Å². The highest BCUT2D eigenvalue weighted by Gasteiger charge is 2.17. The molecule has 0 aliphatic heterocycles. The van der Waals surface area contributed by atoms with E-state index in [0.717, 1.165) is 5.30 Å². The smallest absolute Gasteiger partial charge is 0.289 e. The predicted octanol–water partition coefficient (Wildman–Crippen LogP) is 3.26. The molecule has 0 aromatic heterocycles. The van der Waals surface area contributed by atoms with Crippen molar-refractivity contribution >= 4 is 26.8 Å². The van der Waals surface area contributed by atoms with Crippen LogP contribution in [-0.4, -0.2) is 8.05 Å². The van der Waals surface area contributed by atoms with Crippen LogP contribution < -0.4 is 10.6 Å². The van der Waals surface area contributed by atoms with E-state index >= 15 is 0 Å². The summed E-state index contributed by atoms with van der Waals surface area (Å²) in [5, 5.41) is 2.35. The van der Waals surface area contributed by atoms with Gasteiger partial charge in [0, 0.05) is 10.6 Å². The largest absolute Gasteiger partial charge is 0.421 e. The van der Waals surface area contributed by atoms with Crippen LogP contribution in [0.1, 0.15) is 25.3 Å². The number of rotatable bonds is 4. The standard InChI is InChI=1S/C15H16BOP/c1-12(2)14-10-6-7-11-15(14)18(17-16)13-8-4-3-5-9-13/h3-12H,1-2H3/t18-/m1/s1. The molecule has 2 rings (SSSR count). The van der Waals surface area contributed by atoms with Crippen LogP contribution in [0.3, 0.4) is 0 Å². The summed E-state index contributed by atoms with van der Waals surface area (Å²) in [5.74, 6) is 0.463. The van der Waals surface area contributed by atoms with Crippen molar-refractivity contribution in [1.29, 1.82) is 0 Å². The van der Waals surface area contributed by atoms with Gasteiger partial charge >= 0.3 is 0 Å². The second kappa shape index (κ2) is 6.18. The number of benzene rings is 2. The monoisotopic (exact) mass is 254 g/mol. The normalized spacial score (nSPS) is 12.6. The lowest BCUT2D eigenvalue weighted by molar-refractivity contribution is 0.704. The molecular weight excluding hydrogens is 238 g/mol. The van der Waals surface area contributed by atoms with E-state index in [1.165, 1.54) is 10.9 Å². The highest BCUT2D eigenvalue weighted by atomic mass is 31.1. The van der Waals surface area contributed by atoms with E-state index in [1.807, 2.05) is 24.3 Å². The van der Waals surface area contributed by atoms with Crippen molar-refractivity contribution in [2.75, 3.05) is 0 Å². The Balaban J connectivity index is 2.46. The third-order valence-electron chi connectivity index (χ3n) is 2.87. The molecule has 90 valence electrons. The Labute approximate surface area is 111 Å². The van der Waals surface area contributed by atoms with E-state index in [2.05, 4.69) is 44.2 Å². The summed E-state index contributed by atoms with van der Waals surface area (Å²) in [7, 11) is 4.61. The van der Waals surface area contributed by atoms with Gasteiger partial charge in [-0.3, -0.25) is 0 Å². The second-order valence-electron chi connectivity index (χ2n) is 4.45. The second-order valence-corrected chi connectivity index (χ2v) is 6.25. The molecule has 3 heteroatoms. The Morgan fingerprint density at radius 1 is 0.944 bits per heavy atom. The van der Waals surface area contributed by atoms with Crippen molar-refractivity contribution in [3.8, 4) is 0 Å². The average molecular weight is 254 g/mol. The van der Waals surface area contributed by atoms with Gasteiger partial charge < -0.3 is 4.44 Å². The fourth-order valence-electron chi connectivity index (χ4n) is 1.98. The minimum absolute atomic E-state index is 0.463. The molecule has 0 fully saturated rings. The van der Waals surface area contributed by atoms with Crippen LogP contribution in [0.4, 0.5) is 0 Å². The molecule has 0 amide bonds. The van der Waals surface area contributed by atoms with E-state index in [1.54, 1.807) is 0 Å². The summed E-state index contributed by atoms with van der Waals surface area (Å²) < 4.78 is 5.28. The Morgan fingerprint density at radius 2 is 1.56 bits per heavy atom. The Morgan fingerprint density at radius 3 is 2.17 bits per heavy atom. The summed E-state index contributed by atoms with van der Waals surface area (Å²) in [6.07, 6.45) is 0. The van der Waals surface area contributed by atoms with Gasteiger partial charge in [-0.2, -0.15) is 0 Å². The molecule has 2 radical (unpaired) electrons. The molecule has 0 aliphatic rings. The molecule has 2 aromatic rings. The van der Waals surface area contributed by atoms with Gasteiger partial charge in [0.05, 0.1) is 8.15 Å². The maximum atomic E-state index is 5.53. The molecule has 0 heterocycles. The molecular formula is C15H16BOP. The zero-order chi connectivity index (χ0) is 13.0. The van der Waals surface area contributed by atoms with E-state index in [4.69, 9.17) is 12.5 Å². The van der Waals surface area contributed by atoms with Crippen LogP contribution in [0.2, 0.25) is 0 Å². The van der Waals surface area contributed by atoms with E-state index < -0.39 is 8.15 Å². The average Bonchev–Trinajstić information content (AvgIpc) is 2.41. The molecule has 1 nitrogen and oxygen atoms in total. The van der Waals surface area contributed by atoms with Crippen molar-refractivity contribution < 1.29 is 4.44 Å². The first-order chi connectivity index (χ1) is 8.74. The summed E-state index contributed by atoms with van der Waals surface area (Å²) in [5.41, 5.74) is 1.30. The van der Waals surface area contributed by atoms with E-state index in [0.29, 0.717) is 5.92 Å². The molecule has 0 aliphatic carbocycles. The molecule has 0 saturated carbocycles. The molecule has 2 aromatic carbocycles. The molecule has 0 saturated heterocycles. The first kappa shape index (κ1) is 13.3. The molecule has 0 N–H and O–H groups in total. The molecule has 18 heavy (non-hydrogen) atoms. The van der Waals surface area contributed by atoms with Gasteiger partial charge in [0.1, 0.15) is 0 Å². The Kier molecular flexibility index (Phi) is 4.57. The third-order valence-corrected chi connectivity index (χ3v) is 4.70. The van der Waals surface area contributed by atoms with E-state index in [9.17, 15) is 0 Å². The quantitative estimate of drug-likeness (QED) is 0.601. The first-order valence-corrected chi connectivity index (χ1v) is 7.31. The maximum Gasteiger partial charge on any atom is 0.289 e. The summed E-state index contributed by atoms with van der Waals surface area (Å²) in [4.78, 5) is 0. The lowest BCUT2D eigenvalue weighted by Crippen LogP contribution is -2.17. The zero-order valence-corrected chi connectivity index (χ0v) is 11.6. The molecule has 0 spiro atoms. The molecule has 0 bridgehead atoms. The third kappa shape index (κ3) is 2.83. The fourth-order valence-corrected chi connectivity index (χ4v) is 3.73. The number of hydrogen-bond acceptors (Lipinski definition) is 1. The van der Waals surface area contributed by atoms with Gasteiger partial charge in [0.2, 0.25) is 0 Å². The molecule has 1 atom stereocenters. The SMILES string of the molecule is [B]O[P@](c1ccccc1)c1ccccc1C(C)C. The Bertz CT molecular complexity index is 499. The highest BCUT2D eigenvalue weighted by molar-refractivity contribution is 7.69. The van der Waals surface area contributed by atoms with Crippen molar-refractivity contribution in [1.82, 2.24) is 0 Å². The van der Waals surface area contributed by atoms with Crippen LogP contribution in [-0.2, 0) is 4.44 Å². The number of hydrogen-bond donors (Lipinski definition) is 0. The van der Waals surface area contributed by atoms with Crippen molar-refractivity contribution in [3.05, 3.63) is 60.2 Å². The van der Waals surface area contributed by atoms with E-state index in [-0.39, 0.29) is 0 Å². The van der Waals surface area contributed by atoms with Gasteiger partial charge in [-0.1, -0.05) is 68.4 Å². The predicted molar refractivity (Wildman–Crippen MR) is 80.0 cm³/mol. The lowest BCUT2D eigenvalue weighted by Gasteiger charge is -2.21. The highest BCUT2D eigenvalue weighted by Crippen LogP contribution is 2.36. The summed E-state index contributed by atoms with van der Waals surface area (Å²) in [6, 6.07) is 18.5. The fraction of sp³-hybridized carbons (Fsp3) is 0.200. The van der Waals surface area contributed by atoms with Crippen LogP contribution >= 0.6 is 8.15 Å². The van der Waals surface area contributed by atoms with Gasteiger partial charge in [-0.15, -0.1) is 0 Å². The van der Waals surface area contributed by atoms with Crippen molar-refractivity contribution in [2.24, 2.45) is 0 Å². The maximum absolute atomic E-state index is 5.53. The lowest BCUT2D eigenvalue weighted by atomic mass is 10.0. The van der Waals surface area contributed by atoms with Crippen LogP contribution in [0.15, 0.2) is 54.6 Å². The van der Waals surface area contributed by atoms with Gasteiger partial charge in [-0.05, 0) is 11.5 Å². The van der Waals surface area contributed by atoms with Crippen molar-refractivity contribution in [2.45, 2.75) is 19.8 Å². The van der Waals surface area contributed by atoms with Crippen LogP contribution in [0, 0.1) is 0 Å². The Hall–Kier alpha value is -1.11. The van der Waals surface area contributed by atoms with Gasteiger partial charge in [-0.25, -0.2) is 0 Å². The minimum atomic E-state index is -0.924. The topological polar surface area (TPSA) is 9.23 Å².